The SMILES string of the molecule is C#CC1C=CC(Cl)=CC1. The molecule has 0 spiro atoms. The summed E-state index contributed by atoms with van der Waals surface area (Å²) in [6.07, 6.45) is 11.8. The molecule has 0 aromatic rings. The Labute approximate surface area is 60.2 Å². The molecule has 0 radical (unpaired) electrons. The molecule has 1 aliphatic rings. The van der Waals surface area contributed by atoms with Gasteiger partial charge in [0.05, 0.1) is 0 Å². The number of hydrogen-bond donors (Lipinski definition) is 0. The number of allylic oxidation sites excluding steroid dienone is 4. The fraction of sp³-hybridized carbons (Fsp3) is 0.250. The van der Waals surface area contributed by atoms with Crippen LogP contribution in [-0.4, -0.2) is 0 Å². The van der Waals surface area contributed by atoms with E-state index in [1.165, 1.54) is 0 Å². The van der Waals surface area contributed by atoms with E-state index in [2.05, 4.69) is 5.92 Å². The molecule has 0 amide bonds. The van der Waals surface area contributed by atoms with Crippen LogP contribution in [0.2, 0.25) is 0 Å². The van der Waals surface area contributed by atoms with Crippen molar-refractivity contribution < 1.29 is 0 Å². The van der Waals surface area contributed by atoms with Crippen molar-refractivity contribution >= 4 is 11.6 Å². The zero-order chi connectivity index (χ0) is 6.69. The number of halogens is 1. The predicted octanol–water partition coefficient (Wildman–Crippen LogP) is 2.32. The molecular weight excluding hydrogens is 132 g/mol. The Morgan fingerprint density at radius 1 is 1.78 bits per heavy atom. The summed E-state index contributed by atoms with van der Waals surface area (Å²) in [4.78, 5) is 0. The summed E-state index contributed by atoms with van der Waals surface area (Å²) in [5.74, 6) is 2.89. The predicted molar refractivity (Wildman–Crippen MR) is 40.0 cm³/mol. The smallest absolute Gasteiger partial charge is 0.0418 e. The molecule has 9 heavy (non-hydrogen) atoms. The lowest BCUT2D eigenvalue weighted by Gasteiger charge is -2.04. The van der Waals surface area contributed by atoms with Gasteiger partial charge < -0.3 is 0 Å². The highest BCUT2D eigenvalue weighted by molar-refractivity contribution is 6.31. The highest BCUT2D eigenvalue weighted by Gasteiger charge is 2.02. The first-order valence-corrected chi connectivity index (χ1v) is 3.20. The zero-order valence-electron chi connectivity index (χ0n) is 4.97. The van der Waals surface area contributed by atoms with Crippen LogP contribution in [0.15, 0.2) is 23.3 Å². The maximum atomic E-state index is 5.64. The molecule has 0 heterocycles. The molecule has 0 nitrogen and oxygen atoms in total. The first-order valence-electron chi connectivity index (χ1n) is 2.83. The second kappa shape index (κ2) is 2.75. The number of terminal acetylenes is 1. The lowest BCUT2D eigenvalue weighted by molar-refractivity contribution is 0.851. The molecule has 0 aromatic carbocycles. The van der Waals surface area contributed by atoms with Gasteiger partial charge in [-0.15, -0.1) is 6.42 Å². The Morgan fingerprint density at radius 3 is 3.00 bits per heavy atom. The molecule has 0 N–H and O–H groups in total. The molecular formula is C8H7Cl. The molecule has 0 bridgehead atoms. The van der Waals surface area contributed by atoms with E-state index >= 15 is 0 Å². The molecule has 0 fully saturated rings. The lowest BCUT2D eigenvalue weighted by atomic mass is 10.0. The van der Waals surface area contributed by atoms with Crippen molar-refractivity contribution in [1.29, 1.82) is 0 Å². The molecule has 0 saturated heterocycles. The molecule has 0 aliphatic heterocycles. The summed E-state index contributed by atoms with van der Waals surface area (Å²) < 4.78 is 0. The molecule has 1 aliphatic carbocycles. The third-order valence-corrected chi connectivity index (χ3v) is 1.55. The van der Waals surface area contributed by atoms with E-state index in [0.717, 1.165) is 11.5 Å². The van der Waals surface area contributed by atoms with E-state index in [1.54, 1.807) is 0 Å². The van der Waals surface area contributed by atoms with Crippen LogP contribution >= 0.6 is 11.6 Å². The van der Waals surface area contributed by atoms with Crippen LogP contribution in [0.4, 0.5) is 0 Å². The largest absolute Gasteiger partial charge is 0.119 e. The molecule has 46 valence electrons. The standard InChI is InChI=1S/C8H7Cl/c1-2-7-3-5-8(9)6-4-7/h1,3,5-7H,4H2. The van der Waals surface area contributed by atoms with E-state index in [9.17, 15) is 0 Å². The van der Waals surface area contributed by atoms with E-state index < -0.39 is 0 Å². The van der Waals surface area contributed by atoms with Crippen LogP contribution in [0, 0.1) is 18.3 Å². The Balaban J connectivity index is 2.61. The van der Waals surface area contributed by atoms with Crippen LogP contribution in [0.3, 0.4) is 0 Å². The first kappa shape index (κ1) is 6.45. The van der Waals surface area contributed by atoms with E-state index in [4.69, 9.17) is 18.0 Å². The molecule has 1 atom stereocenters. The second-order valence-electron chi connectivity index (χ2n) is 1.96. The van der Waals surface area contributed by atoms with Gasteiger partial charge in [-0.25, -0.2) is 0 Å². The van der Waals surface area contributed by atoms with Gasteiger partial charge in [-0.2, -0.15) is 0 Å². The first-order chi connectivity index (χ1) is 4.33. The van der Waals surface area contributed by atoms with Crippen molar-refractivity contribution in [2.45, 2.75) is 6.42 Å². The second-order valence-corrected chi connectivity index (χ2v) is 2.39. The van der Waals surface area contributed by atoms with Gasteiger partial charge in [-0.3, -0.25) is 0 Å². The van der Waals surface area contributed by atoms with Crippen molar-refractivity contribution in [2.75, 3.05) is 0 Å². The minimum Gasteiger partial charge on any atom is -0.119 e. The van der Waals surface area contributed by atoms with Crippen molar-refractivity contribution in [1.82, 2.24) is 0 Å². The van der Waals surface area contributed by atoms with Gasteiger partial charge in [0.15, 0.2) is 0 Å². The minimum absolute atomic E-state index is 0.257. The van der Waals surface area contributed by atoms with Crippen molar-refractivity contribution in [2.24, 2.45) is 5.92 Å². The van der Waals surface area contributed by atoms with Gasteiger partial charge in [0.2, 0.25) is 0 Å². The maximum Gasteiger partial charge on any atom is 0.0418 e. The average Bonchev–Trinajstić information content (AvgIpc) is 1.90. The fourth-order valence-electron chi connectivity index (χ4n) is 0.718. The monoisotopic (exact) mass is 138 g/mol. The Bertz CT molecular complexity index is 193. The highest BCUT2D eigenvalue weighted by Crippen LogP contribution is 2.17. The molecule has 1 rings (SSSR count). The summed E-state index contributed by atoms with van der Waals surface area (Å²) in [6.45, 7) is 0. The van der Waals surface area contributed by atoms with Gasteiger partial charge in [-0.1, -0.05) is 29.7 Å². The van der Waals surface area contributed by atoms with Gasteiger partial charge in [0, 0.05) is 11.0 Å². The quantitative estimate of drug-likeness (QED) is 0.451. The normalized spacial score (nSPS) is 24.9. The summed E-state index contributed by atoms with van der Waals surface area (Å²) in [7, 11) is 0. The van der Waals surface area contributed by atoms with Crippen LogP contribution in [0.25, 0.3) is 0 Å². The Morgan fingerprint density at radius 2 is 2.56 bits per heavy atom. The molecule has 0 saturated carbocycles. The summed E-state index contributed by atoms with van der Waals surface area (Å²) in [6, 6.07) is 0. The molecule has 1 heteroatoms. The van der Waals surface area contributed by atoms with Crippen molar-refractivity contribution in [3.8, 4) is 12.3 Å². The van der Waals surface area contributed by atoms with Crippen molar-refractivity contribution in [3.05, 3.63) is 23.3 Å². The summed E-state index contributed by atoms with van der Waals surface area (Å²) >= 11 is 5.64. The van der Waals surface area contributed by atoms with Crippen LogP contribution < -0.4 is 0 Å². The highest BCUT2D eigenvalue weighted by atomic mass is 35.5. The van der Waals surface area contributed by atoms with Crippen LogP contribution in [-0.2, 0) is 0 Å². The maximum absolute atomic E-state index is 5.64. The molecule has 1 unspecified atom stereocenters. The van der Waals surface area contributed by atoms with E-state index in [1.807, 2.05) is 18.2 Å². The van der Waals surface area contributed by atoms with Gasteiger partial charge in [0.25, 0.3) is 0 Å². The van der Waals surface area contributed by atoms with Crippen molar-refractivity contribution in [3.63, 3.8) is 0 Å². The van der Waals surface area contributed by atoms with Gasteiger partial charge in [0.1, 0.15) is 0 Å². The average molecular weight is 139 g/mol. The fourth-order valence-corrected chi connectivity index (χ4v) is 0.880. The number of hydrogen-bond acceptors (Lipinski definition) is 0. The third-order valence-electron chi connectivity index (χ3n) is 1.27. The minimum atomic E-state index is 0.257. The molecule has 0 aromatic heterocycles. The lowest BCUT2D eigenvalue weighted by Crippen LogP contribution is -1.93. The van der Waals surface area contributed by atoms with Gasteiger partial charge >= 0.3 is 0 Å². The topological polar surface area (TPSA) is 0 Å². The van der Waals surface area contributed by atoms with Gasteiger partial charge in [-0.05, 0) is 12.5 Å². The summed E-state index contributed by atoms with van der Waals surface area (Å²) in [5, 5.41) is 0.793. The Hall–Kier alpha value is -0.670. The third kappa shape index (κ3) is 1.62. The Kier molecular flexibility index (Phi) is 1.97. The summed E-state index contributed by atoms with van der Waals surface area (Å²) in [5.41, 5.74) is 0. The van der Waals surface area contributed by atoms with Crippen LogP contribution in [0.5, 0.6) is 0 Å². The number of rotatable bonds is 0. The van der Waals surface area contributed by atoms with E-state index in [0.29, 0.717) is 0 Å². The van der Waals surface area contributed by atoms with Crippen LogP contribution in [0.1, 0.15) is 6.42 Å². The zero-order valence-corrected chi connectivity index (χ0v) is 5.73. The van der Waals surface area contributed by atoms with E-state index in [-0.39, 0.29) is 5.92 Å².